The monoisotopic (exact) mass is 157 g/mol. The van der Waals surface area contributed by atoms with E-state index in [-0.39, 0.29) is 18.1 Å². The number of ketones is 1. The lowest BCUT2D eigenvalue weighted by Gasteiger charge is -1.97. The molecule has 0 aliphatic rings. The first kappa shape index (κ1) is 10.1. The second-order valence-corrected chi connectivity index (χ2v) is 2.49. The van der Waals surface area contributed by atoms with Gasteiger partial charge in [0.05, 0.1) is 6.42 Å². The van der Waals surface area contributed by atoms with Gasteiger partial charge in [-0.25, -0.2) is 0 Å². The normalized spacial score (nSPS) is 9.27. The van der Waals surface area contributed by atoms with E-state index in [0.29, 0.717) is 6.42 Å². The Morgan fingerprint density at radius 2 is 2.00 bits per heavy atom. The Labute approximate surface area is 67.2 Å². The largest absolute Gasteiger partial charge is 0.359 e. The van der Waals surface area contributed by atoms with Gasteiger partial charge in [0.25, 0.3) is 0 Å². The second-order valence-electron chi connectivity index (χ2n) is 2.49. The summed E-state index contributed by atoms with van der Waals surface area (Å²) in [7, 11) is 1.54. The van der Waals surface area contributed by atoms with E-state index in [1.54, 1.807) is 0 Å². The average Bonchev–Trinajstić information content (AvgIpc) is 2.00. The molecule has 1 amide bonds. The predicted octanol–water partition coefficient (Wildman–Crippen LogP) is 0.882. The van der Waals surface area contributed by atoms with E-state index in [2.05, 4.69) is 5.32 Å². The smallest absolute Gasteiger partial charge is 0.227 e. The first-order valence-electron chi connectivity index (χ1n) is 3.93. The number of amides is 1. The SMILES string of the molecule is CCCCC(=O)CC(=O)NC. The van der Waals surface area contributed by atoms with E-state index in [0.717, 1.165) is 12.8 Å². The van der Waals surface area contributed by atoms with Gasteiger partial charge in [0.2, 0.25) is 5.91 Å². The van der Waals surface area contributed by atoms with E-state index < -0.39 is 0 Å². The molecule has 0 saturated carbocycles. The highest BCUT2D eigenvalue weighted by Crippen LogP contribution is 1.97. The van der Waals surface area contributed by atoms with Crippen molar-refractivity contribution in [3.8, 4) is 0 Å². The number of carbonyl (C=O) groups is 2. The average molecular weight is 157 g/mol. The number of rotatable bonds is 5. The Bertz CT molecular complexity index is 143. The van der Waals surface area contributed by atoms with Crippen LogP contribution in [0, 0.1) is 0 Å². The Morgan fingerprint density at radius 3 is 2.45 bits per heavy atom. The molecule has 0 unspecified atom stereocenters. The molecule has 0 aliphatic carbocycles. The van der Waals surface area contributed by atoms with Crippen LogP contribution in [0.25, 0.3) is 0 Å². The number of nitrogens with one attached hydrogen (secondary N) is 1. The lowest BCUT2D eigenvalue weighted by molar-refractivity contribution is -0.127. The van der Waals surface area contributed by atoms with Gasteiger partial charge >= 0.3 is 0 Å². The van der Waals surface area contributed by atoms with Crippen LogP contribution in [0.1, 0.15) is 32.6 Å². The van der Waals surface area contributed by atoms with Gasteiger partial charge < -0.3 is 5.32 Å². The zero-order chi connectivity index (χ0) is 8.69. The number of hydrogen-bond donors (Lipinski definition) is 1. The summed E-state index contributed by atoms with van der Waals surface area (Å²) >= 11 is 0. The minimum Gasteiger partial charge on any atom is -0.359 e. The van der Waals surface area contributed by atoms with Gasteiger partial charge in [-0.1, -0.05) is 13.3 Å². The predicted molar refractivity (Wildman–Crippen MR) is 43.2 cm³/mol. The summed E-state index contributed by atoms with van der Waals surface area (Å²) in [4.78, 5) is 21.6. The highest BCUT2D eigenvalue weighted by Gasteiger charge is 2.05. The summed E-state index contributed by atoms with van der Waals surface area (Å²) in [5.74, 6) is -0.155. The van der Waals surface area contributed by atoms with E-state index in [1.807, 2.05) is 6.92 Å². The van der Waals surface area contributed by atoms with Gasteiger partial charge in [0.15, 0.2) is 0 Å². The summed E-state index contributed by atoms with van der Waals surface area (Å²) in [5, 5.41) is 2.41. The van der Waals surface area contributed by atoms with Crippen LogP contribution in [0.4, 0.5) is 0 Å². The maximum Gasteiger partial charge on any atom is 0.227 e. The molecule has 0 aromatic heterocycles. The Morgan fingerprint density at radius 1 is 1.36 bits per heavy atom. The molecule has 0 aromatic rings. The topological polar surface area (TPSA) is 46.2 Å². The molecule has 0 aromatic carbocycles. The molecule has 0 aliphatic heterocycles. The quantitative estimate of drug-likeness (QED) is 0.602. The molecular formula is C8H15NO2. The van der Waals surface area contributed by atoms with Crippen molar-refractivity contribution in [3.05, 3.63) is 0 Å². The van der Waals surface area contributed by atoms with Crippen LogP contribution in [0.5, 0.6) is 0 Å². The fourth-order valence-electron chi connectivity index (χ4n) is 0.730. The molecule has 3 nitrogen and oxygen atoms in total. The summed E-state index contributed by atoms with van der Waals surface area (Å²) in [6.45, 7) is 2.02. The van der Waals surface area contributed by atoms with Gasteiger partial charge in [-0.05, 0) is 6.42 Å². The molecule has 3 heteroatoms. The third-order valence-electron chi connectivity index (χ3n) is 1.45. The third-order valence-corrected chi connectivity index (χ3v) is 1.45. The molecular weight excluding hydrogens is 142 g/mol. The minimum atomic E-state index is -0.189. The van der Waals surface area contributed by atoms with Crippen molar-refractivity contribution in [3.63, 3.8) is 0 Å². The molecule has 64 valence electrons. The number of Topliss-reactive ketones (excluding diaryl/α,β-unsaturated/α-hetero) is 1. The van der Waals surface area contributed by atoms with Crippen molar-refractivity contribution in [2.75, 3.05) is 7.05 Å². The fraction of sp³-hybridized carbons (Fsp3) is 0.750. The zero-order valence-electron chi connectivity index (χ0n) is 7.14. The first-order valence-corrected chi connectivity index (χ1v) is 3.93. The standard InChI is InChI=1S/C8H15NO2/c1-3-4-5-7(10)6-8(11)9-2/h3-6H2,1-2H3,(H,9,11). The number of unbranched alkanes of at least 4 members (excludes halogenated alkanes) is 1. The Kier molecular flexibility index (Phi) is 5.43. The summed E-state index contributed by atoms with van der Waals surface area (Å²) in [6, 6.07) is 0. The van der Waals surface area contributed by atoms with Gasteiger partial charge in [0, 0.05) is 13.5 Å². The van der Waals surface area contributed by atoms with Gasteiger partial charge in [-0.3, -0.25) is 9.59 Å². The zero-order valence-corrected chi connectivity index (χ0v) is 7.14. The van der Waals surface area contributed by atoms with Gasteiger partial charge in [-0.15, -0.1) is 0 Å². The molecule has 0 saturated heterocycles. The molecule has 0 atom stereocenters. The van der Waals surface area contributed by atoms with Crippen LogP contribution in [0.2, 0.25) is 0 Å². The van der Waals surface area contributed by atoms with Crippen molar-refractivity contribution in [1.29, 1.82) is 0 Å². The van der Waals surface area contributed by atoms with Gasteiger partial charge in [-0.2, -0.15) is 0 Å². The molecule has 0 rings (SSSR count). The number of carbonyl (C=O) groups excluding carboxylic acids is 2. The van der Waals surface area contributed by atoms with Crippen molar-refractivity contribution >= 4 is 11.7 Å². The third kappa shape index (κ3) is 5.58. The molecule has 0 fully saturated rings. The maximum atomic E-state index is 10.9. The Hall–Kier alpha value is -0.860. The van der Waals surface area contributed by atoms with E-state index in [1.165, 1.54) is 7.05 Å². The molecule has 0 radical (unpaired) electrons. The molecule has 0 bridgehead atoms. The second kappa shape index (κ2) is 5.89. The molecule has 11 heavy (non-hydrogen) atoms. The Balaban J connectivity index is 3.44. The lowest BCUT2D eigenvalue weighted by Crippen LogP contribution is -2.21. The van der Waals surface area contributed by atoms with Crippen molar-refractivity contribution < 1.29 is 9.59 Å². The van der Waals surface area contributed by atoms with E-state index in [4.69, 9.17) is 0 Å². The summed E-state index contributed by atoms with van der Waals surface area (Å²) < 4.78 is 0. The van der Waals surface area contributed by atoms with Crippen LogP contribution >= 0.6 is 0 Å². The summed E-state index contributed by atoms with van der Waals surface area (Å²) in [5.41, 5.74) is 0. The van der Waals surface area contributed by atoms with Crippen LogP contribution in [-0.2, 0) is 9.59 Å². The number of hydrogen-bond acceptors (Lipinski definition) is 2. The molecule has 0 heterocycles. The first-order chi connectivity index (χ1) is 5.20. The fourth-order valence-corrected chi connectivity index (χ4v) is 0.730. The van der Waals surface area contributed by atoms with Crippen LogP contribution < -0.4 is 5.32 Å². The van der Waals surface area contributed by atoms with Crippen molar-refractivity contribution in [1.82, 2.24) is 5.32 Å². The van der Waals surface area contributed by atoms with E-state index in [9.17, 15) is 9.59 Å². The summed E-state index contributed by atoms with van der Waals surface area (Å²) in [6.07, 6.45) is 2.45. The van der Waals surface area contributed by atoms with Crippen LogP contribution in [0.3, 0.4) is 0 Å². The highest BCUT2D eigenvalue weighted by molar-refractivity contribution is 5.97. The lowest BCUT2D eigenvalue weighted by atomic mass is 10.1. The van der Waals surface area contributed by atoms with Crippen molar-refractivity contribution in [2.24, 2.45) is 0 Å². The van der Waals surface area contributed by atoms with Crippen LogP contribution in [0.15, 0.2) is 0 Å². The highest BCUT2D eigenvalue weighted by atomic mass is 16.2. The van der Waals surface area contributed by atoms with Crippen molar-refractivity contribution in [2.45, 2.75) is 32.6 Å². The van der Waals surface area contributed by atoms with Gasteiger partial charge in [0.1, 0.15) is 5.78 Å². The minimum absolute atomic E-state index is 0.0335. The molecule has 1 N–H and O–H groups in total. The molecule has 0 spiro atoms. The van der Waals surface area contributed by atoms with Crippen LogP contribution in [-0.4, -0.2) is 18.7 Å². The maximum absolute atomic E-state index is 10.9. The van der Waals surface area contributed by atoms with E-state index >= 15 is 0 Å².